The first-order chi connectivity index (χ1) is 11.6. The molecule has 0 spiro atoms. The standard InChI is InChI=1S/C19H29N3O2/c20-15-19(10-5-2-6-11-19)13-18(24)21-12-9-17(23)22-14-16-7-3-1-4-8-16/h1,3-4,7-8H,2,5-6,9-15,20H2,(H,21,24)(H,22,23). The molecule has 0 aromatic heterocycles. The predicted octanol–water partition coefficient (Wildman–Crippen LogP) is 2.11. The van der Waals surface area contributed by atoms with Gasteiger partial charge < -0.3 is 16.4 Å². The highest BCUT2D eigenvalue weighted by atomic mass is 16.2. The maximum Gasteiger partial charge on any atom is 0.222 e. The van der Waals surface area contributed by atoms with Crippen LogP contribution in [0.15, 0.2) is 30.3 Å². The van der Waals surface area contributed by atoms with Crippen LogP contribution in [0.5, 0.6) is 0 Å². The lowest BCUT2D eigenvalue weighted by Gasteiger charge is -2.35. The fourth-order valence-corrected chi connectivity index (χ4v) is 3.36. The molecule has 0 bridgehead atoms. The van der Waals surface area contributed by atoms with Crippen LogP contribution in [0, 0.1) is 5.41 Å². The number of benzene rings is 1. The van der Waals surface area contributed by atoms with Crippen LogP contribution in [0.1, 0.15) is 50.5 Å². The predicted molar refractivity (Wildman–Crippen MR) is 95.1 cm³/mol. The Kier molecular flexibility index (Phi) is 7.25. The van der Waals surface area contributed by atoms with Crippen molar-refractivity contribution in [3.63, 3.8) is 0 Å². The number of nitrogens with two attached hydrogens (primary N) is 1. The van der Waals surface area contributed by atoms with Gasteiger partial charge in [-0.1, -0.05) is 49.6 Å². The minimum atomic E-state index is -0.0506. The van der Waals surface area contributed by atoms with Crippen LogP contribution in [0.2, 0.25) is 0 Å². The molecule has 132 valence electrons. The van der Waals surface area contributed by atoms with Crippen LogP contribution in [0.4, 0.5) is 0 Å². The van der Waals surface area contributed by atoms with Crippen molar-refractivity contribution in [1.82, 2.24) is 10.6 Å². The number of carbonyl (C=O) groups is 2. The van der Waals surface area contributed by atoms with Gasteiger partial charge in [-0.05, 0) is 30.4 Å². The number of carbonyl (C=O) groups excluding carboxylic acids is 2. The first-order valence-electron chi connectivity index (χ1n) is 8.91. The van der Waals surface area contributed by atoms with Crippen molar-refractivity contribution in [2.75, 3.05) is 13.1 Å². The largest absolute Gasteiger partial charge is 0.356 e. The molecule has 1 saturated carbocycles. The van der Waals surface area contributed by atoms with E-state index in [9.17, 15) is 9.59 Å². The molecular weight excluding hydrogens is 302 g/mol. The van der Waals surface area contributed by atoms with E-state index in [1.807, 2.05) is 30.3 Å². The molecule has 0 aliphatic heterocycles. The molecule has 24 heavy (non-hydrogen) atoms. The molecular formula is C19H29N3O2. The van der Waals surface area contributed by atoms with E-state index in [0.29, 0.717) is 32.5 Å². The molecule has 1 aliphatic carbocycles. The average molecular weight is 331 g/mol. The Bertz CT molecular complexity index is 525. The lowest BCUT2D eigenvalue weighted by Crippen LogP contribution is -2.39. The van der Waals surface area contributed by atoms with E-state index in [4.69, 9.17) is 5.73 Å². The second-order valence-corrected chi connectivity index (χ2v) is 6.80. The fraction of sp³-hybridized carbons (Fsp3) is 0.579. The molecule has 1 fully saturated rings. The summed E-state index contributed by atoms with van der Waals surface area (Å²) in [6, 6.07) is 9.78. The van der Waals surface area contributed by atoms with Crippen molar-refractivity contribution in [2.45, 2.75) is 51.5 Å². The lowest BCUT2D eigenvalue weighted by molar-refractivity contribution is -0.124. The first kappa shape index (κ1) is 18.5. The molecule has 0 unspecified atom stereocenters. The number of amides is 2. The summed E-state index contributed by atoms with van der Waals surface area (Å²) in [5.74, 6) is -0.0384. The van der Waals surface area contributed by atoms with Crippen molar-refractivity contribution in [3.8, 4) is 0 Å². The van der Waals surface area contributed by atoms with E-state index in [-0.39, 0.29) is 17.2 Å². The van der Waals surface area contributed by atoms with Gasteiger partial charge in [-0.3, -0.25) is 9.59 Å². The molecule has 5 nitrogen and oxygen atoms in total. The van der Waals surface area contributed by atoms with Crippen LogP contribution in [0.25, 0.3) is 0 Å². The molecule has 0 heterocycles. The zero-order valence-electron chi connectivity index (χ0n) is 14.4. The number of hydrogen-bond donors (Lipinski definition) is 3. The van der Waals surface area contributed by atoms with Gasteiger partial charge in [0, 0.05) is 25.9 Å². The maximum absolute atomic E-state index is 12.1. The summed E-state index contributed by atoms with van der Waals surface area (Å²) >= 11 is 0. The summed E-state index contributed by atoms with van der Waals surface area (Å²) in [6.07, 6.45) is 6.41. The van der Waals surface area contributed by atoms with Crippen molar-refractivity contribution in [3.05, 3.63) is 35.9 Å². The minimum Gasteiger partial charge on any atom is -0.356 e. The smallest absolute Gasteiger partial charge is 0.222 e. The molecule has 1 aromatic rings. The maximum atomic E-state index is 12.1. The lowest BCUT2D eigenvalue weighted by atomic mass is 9.71. The zero-order valence-corrected chi connectivity index (χ0v) is 14.4. The van der Waals surface area contributed by atoms with Gasteiger partial charge in [-0.2, -0.15) is 0 Å². The van der Waals surface area contributed by atoms with Crippen molar-refractivity contribution in [1.29, 1.82) is 0 Å². The molecule has 0 atom stereocenters. The number of rotatable bonds is 8. The Hall–Kier alpha value is -1.88. The van der Waals surface area contributed by atoms with Gasteiger partial charge >= 0.3 is 0 Å². The van der Waals surface area contributed by atoms with Crippen LogP contribution in [-0.4, -0.2) is 24.9 Å². The summed E-state index contributed by atoms with van der Waals surface area (Å²) in [5, 5.41) is 5.73. The molecule has 4 N–H and O–H groups in total. The average Bonchev–Trinajstić information content (AvgIpc) is 2.61. The summed E-state index contributed by atoms with van der Waals surface area (Å²) < 4.78 is 0. The Morgan fingerprint density at radius 2 is 1.71 bits per heavy atom. The van der Waals surface area contributed by atoms with Crippen LogP contribution in [-0.2, 0) is 16.1 Å². The summed E-state index contributed by atoms with van der Waals surface area (Å²) in [6.45, 7) is 1.46. The molecule has 1 aromatic carbocycles. The SMILES string of the molecule is NCC1(CC(=O)NCCC(=O)NCc2ccccc2)CCCCC1. The Balaban J connectivity index is 1.64. The summed E-state index contributed by atoms with van der Waals surface area (Å²) in [5.41, 5.74) is 6.95. The van der Waals surface area contributed by atoms with Gasteiger partial charge in [0.2, 0.25) is 11.8 Å². The molecule has 5 heteroatoms. The van der Waals surface area contributed by atoms with Crippen LogP contribution >= 0.6 is 0 Å². The fourth-order valence-electron chi connectivity index (χ4n) is 3.36. The number of nitrogens with one attached hydrogen (secondary N) is 2. The Labute approximate surface area is 144 Å². The normalized spacial score (nSPS) is 16.4. The molecule has 2 rings (SSSR count). The summed E-state index contributed by atoms with van der Waals surface area (Å²) in [7, 11) is 0. The van der Waals surface area contributed by atoms with E-state index < -0.39 is 0 Å². The molecule has 1 aliphatic rings. The van der Waals surface area contributed by atoms with Crippen molar-refractivity contribution >= 4 is 11.8 Å². The van der Waals surface area contributed by atoms with Crippen molar-refractivity contribution < 1.29 is 9.59 Å². The quantitative estimate of drug-likeness (QED) is 0.682. The third-order valence-corrected chi connectivity index (χ3v) is 4.89. The van der Waals surface area contributed by atoms with E-state index >= 15 is 0 Å². The van der Waals surface area contributed by atoms with Crippen LogP contribution < -0.4 is 16.4 Å². The molecule has 2 amide bonds. The highest BCUT2D eigenvalue weighted by Gasteiger charge is 2.32. The van der Waals surface area contributed by atoms with E-state index in [0.717, 1.165) is 31.2 Å². The second kappa shape index (κ2) is 9.42. The minimum absolute atomic E-state index is 0.0122. The van der Waals surface area contributed by atoms with Gasteiger partial charge in [0.25, 0.3) is 0 Å². The first-order valence-corrected chi connectivity index (χ1v) is 8.91. The third kappa shape index (κ3) is 5.96. The van der Waals surface area contributed by atoms with Gasteiger partial charge in [0.15, 0.2) is 0 Å². The van der Waals surface area contributed by atoms with Gasteiger partial charge in [0.1, 0.15) is 0 Å². The van der Waals surface area contributed by atoms with E-state index in [1.54, 1.807) is 0 Å². The third-order valence-electron chi connectivity index (χ3n) is 4.89. The molecule has 0 saturated heterocycles. The Morgan fingerprint density at radius 3 is 2.38 bits per heavy atom. The Morgan fingerprint density at radius 1 is 1.00 bits per heavy atom. The monoisotopic (exact) mass is 331 g/mol. The van der Waals surface area contributed by atoms with E-state index in [1.165, 1.54) is 6.42 Å². The topological polar surface area (TPSA) is 84.2 Å². The van der Waals surface area contributed by atoms with Gasteiger partial charge in [0.05, 0.1) is 0 Å². The van der Waals surface area contributed by atoms with Crippen LogP contribution in [0.3, 0.4) is 0 Å². The van der Waals surface area contributed by atoms with Crippen molar-refractivity contribution in [2.24, 2.45) is 11.1 Å². The zero-order chi connectivity index (χ0) is 17.3. The summed E-state index contributed by atoms with van der Waals surface area (Å²) in [4.78, 5) is 24.0. The highest BCUT2D eigenvalue weighted by molar-refractivity contribution is 5.79. The van der Waals surface area contributed by atoms with E-state index in [2.05, 4.69) is 10.6 Å². The number of hydrogen-bond acceptors (Lipinski definition) is 3. The highest BCUT2D eigenvalue weighted by Crippen LogP contribution is 2.38. The molecule has 0 radical (unpaired) electrons. The van der Waals surface area contributed by atoms with Gasteiger partial charge in [-0.25, -0.2) is 0 Å². The van der Waals surface area contributed by atoms with Gasteiger partial charge in [-0.15, -0.1) is 0 Å². The second-order valence-electron chi connectivity index (χ2n) is 6.80.